The summed E-state index contributed by atoms with van der Waals surface area (Å²) in [5.41, 5.74) is 3.54. The van der Waals surface area contributed by atoms with Crippen molar-refractivity contribution in [1.82, 2.24) is 19.9 Å². The van der Waals surface area contributed by atoms with Crippen LogP contribution < -0.4 is 0 Å². The van der Waals surface area contributed by atoms with E-state index in [-0.39, 0.29) is 0 Å². The van der Waals surface area contributed by atoms with E-state index in [2.05, 4.69) is 32.0 Å². The van der Waals surface area contributed by atoms with Gasteiger partial charge in [-0.05, 0) is 44.0 Å². The molecule has 3 heterocycles. The first-order valence-electron chi connectivity index (χ1n) is 7.21. The van der Waals surface area contributed by atoms with Gasteiger partial charge in [0.1, 0.15) is 6.33 Å². The van der Waals surface area contributed by atoms with Gasteiger partial charge in [0, 0.05) is 42.8 Å². The van der Waals surface area contributed by atoms with Crippen molar-refractivity contribution in [3.8, 4) is 0 Å². The molecule has 4 nitrogen and oxygen atoms in total. The molecular formula is C16H20N4. The molecule has 1 fully saturated rings. The molecule has 2 aromatic heterocycles. The van der Waals surface area contributed by atoms with E-state index in [1.165, 1.54) is 24.1 Å². The molecule has 0 bridgehead atoms. The maximum absolute atomic E-state index is 4.41. The van der Waals surface area contributed by atoms with Crippen molar-refractivity contribution in [2.45, 2.75) is 32.2 Å². The Morgan fingerprint density at radius 2 is 2.20 bits per heavy atom. The summed E-state index contributed by atoms with van der Waals surface area (Å²) in [5.74, 6) is 0.533. The second-order valence-electron chi connectivity index (χ2n) is 5.52. The van der Waals surface area contributed by atoms with E-state index < -0.39 is 0 Å². The number of hydrogen-bond acceptors (Lipinski definition) is 4. The molecule has 3 rings (SSSR count). The number of piperidine rings is 1. The van der Waals surface area contributed by atoms with Crippen LogP contribution >= 0.6 is 0 Å². The molecule has 0 aromatic carbocycles. The van der Waals surface area contributed by atoms with Gasteiger partial charge in [-0.25, -0.2) is 9.97 Å². The van der Waals surface area contributed by atoms with Crippen molar-refractivity contribution >= 4 is 0 Å². The molecule has 2 aromatic rings. The van der Waals surface area contributed by atoms with Crippen molar-refractivity contribution in [3.63, 3.8) is 0 Å². The van der Waals surface area contributed by atoms with Gasteiger partial charge in [0.05, 0.1) is 0 Å². The highest BCUT2D eigenvalue weighted by Crippen LogP contribution is 2.25. The van der Waals surface area contributed by atoms with Crippen LogP contribution in [0.15, 0.2) is 36.9 Å². The summed E-state index contributed by atoms with van der Waals surface area (Å²) in [4.78, 5) is 15.3. The summed E-state index contributed by atoms with van der Waals surface area (Å²) in [5, 5.41) is 0. The van der Waals surface area contributed by atoms with E-state index in [1.807, 2.05) is 25.4 Å². The number of nitrogens with zero attached hydrogens (tertiary/aromatic N) is 4. The van der Waals surface area contributed by atoms with Crippen molar-refractivity contribution in [1.29, 1.82) is 0 Å². The lowest BCUT2D eigenvalue weighted by atomic mass is 9.94. The molecule has 0 saturated carbocycles. The minimum absolute atomic E-state index is 0.533. The van der Waals surface area contributed by atoms with Gasteiger partial charge in [0.15, 0.2) is 0 Å². The van der Waals surface area contributed by atoms with Crippen molar-refractivity contribution in [2.75, 3.05) is 13.1 Å². The monoisotopic (exact) mass is 268 g/mol. The quantitative estimate of drug-likeness (QED) is 0.858. The first-order chi connectivity index (χ1) is 9.81. The van der Waals surface area contributed by atoms with E-state index in [9.17, 15) is 0 Å². The molecule has 0 amide bonds. The molecule has 20 heavy (non-hydrogen) atoms. The average Bonchev–Trinajstić information content (AvgIpc) is 2.51. The fourth-order valence-corrected chi connectivity index (χ4v) is 2.83. The predicted octanol–water partition coefficient (Wildman–Crippen LogP) is 2.56. The van der Waals surface area contributed by atoms with Gasteiger partial charge in [-0.1, -0.05) is 6.07 Å². The number of aryl methyl sites for hydroxylation is 1. The van der Waals surface area contributed by atoms with Gasteiger partial charge < -0.3 is 0 Å². The Labute approximate surface area is 119 Å². The predicted molar refractivity (Wildman–Crippen MR) is 78.3 cm³/mol. The first-order valence-corrected chi connectivity index (χ1v) is 7.21. The van der Waals surface area contributed by atoms with E-state index >= 15 is 0 Å². The van der Waals surface area contributed by atoms with Crippen LogP contribution in [0.2, 0.25) is 0 Å². The Hall–Kier alpha value is -1.81. The molecule has 1 atom stereocenters. The largest absolute Gasteiger partial charge is 0.298 e. The smallest absolute Gasteiger partial charge is 0.115 e. The maximum atomic E-state index is 4.41. The summed E-state index contributed by atoms with van der Waals surface area (Å²) in [6.45, 7) is 5.24. The van der Waals surface area contributed by atoms with Crippen LogP contribution in [0.3, 0.4) is 0 Å². The molecule has 4 heteroatoms. The molecule has 0 N–H and O–H groups in total. The molecular weight excluding hydrogens is 248 g/mol. The summed E-state index contributed by atoms with van der Waals surface area (Å²) >= 11 is 0. The maximum Gasteiger partial charge on any atom is 0.115 e. The van der Waals surface area contributed by atoms with Gasteiger partial charge in [-0.2, -0.15) is 0 Å². The fraction of sp³-hybridized carbons (Fsp3) is 0.438. The zero-order valence-electron chi connectivity index (χ0n) is 11.9. The molecule has 104 valence electrons. The summed E-state index contributed by atoms with van der Waals surface area (Å²) < 4.78 is 0. The molecule has 0 radical (unpaired) electrons. The molecule has 1 aliphatic rings. The number of pyridine rings is 1. The highest BCUT2D eigenvalue weighted by molar-refractivity contribution is 5.14. The van der Waals surface area contributed by atoms with Gasteiger partial charge in [-0.3, -0.25) is 9.88 Å². The fourth-order valence-electron chi connectivity index (χ4n) is 2.83. The average molecular weight is 268 g/mol. The standard InChI is InChI=1S/C16H20N4/c1-13-4-5-14(9-18-13)10-20-8-2-3-15(11-20)16-6-7-17-12-19-16/h4-7,9,12,15H,2-3,8,10-11H2,1H3/t15-/m1/s1. The van der Waals surface area contributed by atoms with E-state index in [0.717, 1.165) is 25.3 Å². The number of rotatable bonds is 3. The third kappa shape index (κ3) is 3.20. The number of aromatic nitrogens is 3. The third-order valence-corrected chi connectivity index (χ3v) is 3.91. The second kappa shape index (κ2) is 6.09. The summed E-state index contributed by atoms with van der Waals surface area (Å²) in [6.07, 6.45) is 7.93. The van der Waals surface area contributed by atoms with E-state index in [1.54, 1.807) is 6.33 Å². The first kappa shape index (κ1) is 13.2. The molecule has 0 aliphatic carbocycles. The summed E-state index contributed by atoms with van der Waals surface area (Å²) in [6, 6.07) is 6.30. The number of hydrogen-bond donors (Lipinski definition) is 0. The lowest BCUT2D eigenvalue weighted by Crippen LogP contribution is -2.34. The van der Waals surface area contributed by atoms with Crippen LogP contribution in [0.4, 0.5) is 0 Å². The van der Waals surface area contributed by atoms with Crippen LogP contribution in [0.5, 0.6) is 0 Å². The second-order valence-corrected chi connectivity index (χ2v) is 5.52. The Morgan fingerprint density at radius 3 is 2.95 bits per heavy atom. The van der Waals surface area contributed by atoms with Gasteiger partial charge >= 0.3 is 0 Å². The highest BCUT2D eigenvalue weighted by Gasteiger charge is 2.22. The molecule has 0 spiro atoms. The molecule has 1 aliphatic heterocycles. The summed E-state index contributed by atoms with van der Waals surface area (Å²) in [7, 11) is 0. The highest BCUT2D eigenvalue weighted by atomic mass is 15.1. The lowest BCUT2D eigenvalue weighted by Gasteiger charge is -2.32. The minimum atomic E-state index is 0.533. The van der Waals surface area contributed by atoms with Gasteiger partial charge in [0.25, 0.3) is 0 Å². The lowest BCUT2D eigenvalue weighted by molar-refractivity contribution is 0.198. The third-order valence-electron chi connectivity index (χ3n) is 3.91. The molecule has 0 unspecified atom stereocenters. The Morgan fingerprint density at radius 1 is 1.25 bits per heavy atom. The van der Waals surface area contributed by atoms with Crippen LogP contribution in [0.25, 0.3) is 0 Å². The van der Waals surface area contributed by atoms with Crippen LogP contribution in [0.1, 0.15) is 35.7 Å². The Bertz CT molecular complexity index is 538. The van der Waals surface area contributed by atoms with Gasteiger partial charge in [0.2, 0.25) is 0 Å². The Balaban J connectivity index is 1.65. The van der Waals surface area contributed by atoms with Gasteiger partial charge in [-0.15, -0.1) is 0 Å². The SMILES string of the molecule is Cc1ccc(CN2CCC[C@@H](c3ccncn3)C2)cn1. The van der Waals surface area contributed by atoms with Crippen LogP contribution in [-0.4, -0.2) is 32.9 Å². The topological polar surface area (TPSA) is 41.9 Å². The van der Waals surface area contributed by atoms with E-state index in [4.69, 9.17) is 0 Å². The normalized spacial score (nSPS) is 19.9. The number of likely N-dealkylation sites (tertiary alicyclic amines) is 1. The Kier molecular flexibility index (Phi) is 4.02. The minimum Gasteiger partial charge on any atom is -0.298 e. The van der Waals surface area contributed by atoms with Crippen molar-refractivity contribution in [3.05, 3.63) is 53.9 Å². The van der Waals surface area contributed by atoms with E-state index in [0.29, 0.717) is 5.92 Å². The molecule has 1 saturated heterocycles. The van der Waals surface area contributed by atoms with Crippen molar-refractivity contribution < 1.29 is 0 Å². The van der Waals surface area contributed by atoms with Crippen LogP contribution in [-0.2, 0) is 6.54 Å². The van der Waals surface area contributed by atoms with Crippen molar-refractivity contribution in [2.24, 2.45) is 0 Å². The zero-order chi connectivity index (χ0) is 13.8. The zero-order valence-corrected chi connectivity index (χ0v) is 11.9. The van der Waals surface area contributed by atoms with Crippen LogP contribution in [0, 0.1) is 6.92 Å².